The Morgan fingerprint density at radius 3 is 1.89 bits per heavy atom. The van der Waals surface area contributed by atoms with Crippen LogP contribution in [0.5, 0.6) is 28.7 Å². The summed E-state index contributed by atoms with van der Waals surface area (Å²) in [6.07, 6.45) is -20.3. The van der Waals surface area contributed by atoms with Gasteiger partial charge in [0.2, 0.25) is 11.5 Å². The Labute approximate surface area is 352 Å². The maximum Gasteiger partial charge on any atom is 0.331 e. The Hall–Kier alpha value is -4.70. The molecule has 344 valence electrons. The van der Waals surface area contributed by atoms with Crippen molar-refractivity contribution in [3.05, 3.63) is 53.6 Å². The molecule has 14 unspecified atom stereocenters. The molecule has 0 bridgehead atoms. The average Bonchev–Trinajstić information content (AvgIpc) is 3.53. The van der Waals surface area contributed by atoms with Crippen molar-refractivity contribution in [1.29, 1.82) is 0 Å². The van der Waals surface area contributed by atoms with E-state index in [9.17, 15) is 65.8 Å². The molecule has 0 radical (unpaired) electrons. The summed E-state index contributed by atoms with van der Waals surface area (Å²) in [6, 6.07) is 6.92. The summed E-state index contributed by atoms with van der Waals surface area (Å²) in [5, 5.41) is 116. The van der Waals surface area contributed by atoms with Crippen LogP contribution in [0.2, 0.25) is 0 Å². The summed E-state index contributed by atoms with van der Waals surface area (Å²) in [7, 11) is 3.89. The molecule has 0 saturated carbocycles. The van der Waals surface area contributed by atoms with Gasteiger partial charge in [0.1, 0.15) is 74.3 Å². The smallest absolute Gasteiger partial charge is 0.331 e. The molecule has 2 aromatic rings. The van der Waals surface area contributed by atoms with E-state index >= 15 is 0 Å². The van der Waals surface area contributed by atoms with E-state index in [1.165, 1.54) is 63.8 Å². The molecular weight excluding hydrogens is 836 g/mol. The van der Waals surface area contributed by atoms with Crippen molar-refractivity contribution in [1.82, 2.24) is 0 Å². The number of esters is 2. The molecular formula is C39H50O23. The number of aromatic hydroxyl groups is 2. The van der Waals surface area contributed by atoms with Gasteiger partial charge in [-0.3, -0.25) is 0 Å². The topological polar surface area (TPSA) is 349 Å². The number of carbonyl (C=O) groups is 2. The fourth-order valence-corrected chi connectivity index (χ4v) is 6.75. The number of phenols is 2. The fourth-order valence-electron chi connectivity index (χ4n) is 6.75. The first kappa shape index (κ1) is 48.3. The van der Waals surface area contributed by atoms with Crippen molar-refractivity contribution >= 4 is 24.1 Å². The van der Waals surface area contributed by atoms with E-state index in [1.807, 2.05) is 0 Å². The van der Waals surface area contributed by atoms with Crippen molar-refractivity contribution in [2.24, 2.45) is 0 Å². The minimum atomic E-state index is -2.65. The van der Waals surface area contributed by atoms with E-state index in [2.05, 4.69) is 0 Å². The largest absolute Gasteiger partial charge is 0.504 e. The molecule has 0 spiro atoms. The van der Waals surface area contributed by atoms with Crippen LogP contribution < -0.4 is 14.2 Å². The van der Waals surface area contributed by atoms with Crippen LogP contribution in [0.4, 0.5) is 0 Å². The van der Waals surface area contributed by atoms with Gasteiger partial charge in [0.15, 0.2) is 41.7 Å². The Bertz CT molecular complexity index is 1860. The van der Waals surface area contributed by atoms with E-state index in [0.717, 1.165) is 12.2 Å². The number of carbonyl (C=O) groups excluding carboxylic acids is 2. The van der Waals surface area contributed by atoms with E-state index in [4.69, 9.17) is 47.4 Å². The van der Waals surface area contributed by atoms with Gasteiger partial charge in [0.25, 0.3) is 0 Å². The second kappa shape index (κ2) is 21.1. The molecule has 3 aliphatic rings. The standard InChI is InChI=1S/C39H50O23/c1-53-20-10-17(4-7-19(20)43)5-8-26(44)56-15-25-30(48)35(60-37-33(51)32(50)29(47)23(13-40)57-37)34(52)38(58-25)62-39(16-42)36(31(49)24(14-41)61-39)59-27(45)9-6-18-11-21(54-2)28(46)22(12-18)55-3/h4-12,23-25,29-38,40-43,46-52H,13-16H2,1-3H3. The van der Waals surface area contributed by atoms with Crippen LogP contribution in [0.25, 0.3) is 12.2 Å². The van der Waals surface area contributed by atoms with Crippen LogP contribution in [0.15, 0.2) is 42.5 Å². The van der Waals surface area contributed by atoms with Crippen LogP contribution in [0.1, 0.15) is 11.1 Å². The third-order valence-corrected chi connectivity index (χ3v) is 10.1. The summed E-state index contributed by atoms with van der Waals surface area (Å²) < 4.78 is 54.5. The molecule has 11 N–H and O–H groups in total. The number of hydrogen-bond donors (Lipinski definition) is 11. The molecule has 3 fully saturated rings. The minimum Gasteiger partial charge on any atom is -0.504 e. The highest BCUT2D eigenvalue weighted by Gasteiger charge is 2.61. The predicted octanol–water partition coefficient (Wildman–Crippen LogP) is -3.61. The summed E-state index contributed by atoms with van der Waals surface area (Å²) in [5.74, 6) is -5.17. The molecule has 0 aromatic heterocycles. The zero-order valence-electron chi connectivity index (χ0n) is 33.3. The Morgan fingerprint density at radius 2 is 1.27 bits per heavy atom. The Kier molecular flexibility index (Phi) is 16.5. The zero-order valence-corrected chi connectivity index (χ0v) is 33.3. The van der Waals surface area contributed by atoms with Gasteiger partial charge in [-0.25, -0.2) is 9.59 Å². The molecule has 23 heteroatoms. The van der Waals surface area contributed by atoms with Gasteiger partial charge in [0.05, 0.1) is 34.5 Å². The van der Waals surface area contributed by atoms with Crippen molar-refractivity contribution in [3.8, 4) is 28.7 Å². The molecule has 3 heterocycles. The molecule has 23 nitrogen and oxygen atoms in total. The fraction of sp³-hybridized carbons (Fsp3) is 0.538. The summed E-state index contributed by atoms with van der Waals surface area (Å²) >= 11 is 0. The number of aliphatic hydroxyl groups is 9. The summed E-state index contributed by atoms with van der Waals surface area (Å²) in [6.45, 7) is -3.85. The molecule has 5 rings (SSSR count). The predicted molar refractivity (Wildman–Crippen MR) is 203 cm³/mol. The molecule has 62 heavy (non-hydrogen) atoms. The molecule has 2 aromatic carbocycles. The van der Waals surface area contributed by atoms with E-state index < -0.39 is 124 Å². The maximum atomic E-state index is 13.2. The van der Waals surface area contributed by atoms with E-state index in [0.29, 0.717) is 5.56 Å². The summed E-state index contributed by atoms with van der Waals surface area (Å²) in [5.41, 5.74) is 0.691. The summed E-state index contributed by atoms with van der Waals surface area (Å²) in [4.78, 5) is 26.0. The maximum absolute atomic E-state index is 13.2. The third kappa shape index (κ3) is 10.6. The van der Waals surface area contributed by atoms with Crippen LogP contribution in [0, 0.1) is 0 Å². The normalized spacial score (nSPS) is 33.7. The molecule has 0 aliphatic carbocycles. The number of benzene rings is 2. The van der Waals surface area contributed by atoms with Crippen molar-refractivity contribution in [3.63, 3.8) is 0 Å². The molecule has 0 amide bonds. The van der Waals surface area contributed by atoms with Crippen LogP contribution in [-0.2, 0) is 42.7 Å². The van der Waals surface area contributed by atoms with Crippen molar-refractivity contribution in [2.45, 2.75) is 85.5 Å². The number of methoxy groups -OCH3 is 3. The number of hydrogen-bond acceptors (Lipinski definition) is 23. The lowest BCUT2D eigenvalue weighted by Gasteiger charge is -2.47. The monoisotopic (exact) mass is 886 g/mol. The van der Waals surface area contributed by atoms with Gasteiger partial charge in [-0.1, -0.05) is 6.07 Å². The van der Waals surface area contributed by atoms with Crippen molar-refractivity contribution < 1.29 is 113 Å². The lowest BCUT2D eigenvalue weighted by molar-refractivity contribution is -0.399. The van der Waals surface area contributed by atoms with Gasteiger partial charge in [0, 0.05) is 12.2 Å². The van der Waals surface area contributed by atoms with Crippen LogP contribution in [0.3, 0.4) is 0 Å². The first-order valence-electron chi connectivity index (χ1n) is 18.8. The van der Waals surface area contributed by atoms with Gasteiger partial charge in [-0.05, 0) is 47.5 Å². The lowest BCUT2D eigenvalue weighted by atomic mass is 9.96. The van der Waals surface area contributed by atoms with Crippen LogP contribution >= 0.6 is 0 Å². The van der Waals surface area contributed by atoms with E-state index in [1.54, 1.807) is 0 Å². The SMILES string of the molecule is COc1cc(C=CC(=O)OCC2OC(OC3(CO)OC(CO)C(O)C3OC(=O)C=Cc3cc(OC)c(O)c(OC)c3)C(O)C(OC3OC(CO)C(O)C(O)C3O)C2O)ccc1O. The number of phenolic OH excluding ortho intramolecular Hbond substituents is 2. The molecule has 3 saturated heterocycles. The first-order chi connectivity index (χ1) is 29.5. The average molecular weight is 887 g/mol. The third-order valence-electron chi connectivity index (χ3n) is 10.1. The molecule has 3 aliphatic heterocycles. The lowest BCUT2D eigenvalue weighted by Crippen LogP contribution is -2.66. The zero-order chi connectivity index (χ0) is 45.5. The minimum absolute atomic E-state index is 0.000105. The van der Waals surface area contributed by atoms with Gasteiger partial charge >= 0.3 is 11.9 Å². The number of aliphatic hydroxyl groups excluding tert-OH is 9. The van der Waals surface area contributed by atoms with Crippen molar-refractivity contribution in [2.75, 3.05) is 47.8 Å². The van der Waals surface area contributed by atoms with Gasteiger partial charge in [-0.15, -0.1) is 0 Å². The Morgan fingerprint density at radius 1 is 0.677 bits per heavy atom. The Balaban J connectivity index is 1.41. The molecule has 14 atom stereocenters. The number of rotatable bonds is 17. The highest BCUT2D eigenvalue weighted by molar-refractivity contribution is 5.88. The first-order valence-corrected chi connectivity index (χ1v) is 18.8. The highest BCUT2D eigenvalue weighted by Crippen LogP contribution is 2.40. The van der Waals surface area contributed by atoms with E-state index in [-0.39, 0.29) is 34.3 Å². The highest BCUT2D eigenvalue weighted by atomic mass is 16.8. The quantitative estimate of drug-likeness (QED) is 0.0540. The van der Waals surface area contributed by atoms with Gasteiger partial charge in [-0.2, -0.15) is 0 Å². The van der Waals surface area contributed by atoms with Crippen LogP contribution in [-0.4, -0.2) is 201 Å². The second-order valence-corrected chi connectivity index (χ2v) is 14.1. The number of ether oxygens (including phenoxy) is 10. The van der Waals surface area contributed by atoms with Gasteiger partial charge < -0.3 is 104 Å². The second-order valence-electron chi connectivity index (χ2n) is 14.1.